The second-order valence-electron chi connectivity index (χ2n) is 5.99. The number of nitrogens with zero attached hydrogens (tertiary/aromatic N) is 1. The van der Waals surface area contributed by atoms with Gasteiger partial charge >= 0.3 is 0 Å². The van der Waals surface area contributed by atoms with E-state index in [2.05, 4.69) is 28.2 Å². The smallest absolute Gasteiger partial charge is 0.277 e. The number of anilines is 1. The molecular weight excluding hydrogens is 320 g/mol. The van der Waals surface area contributed by atoms with Crippen LogP contribution in [-0.2, 0) is 10.5 Å². The average Bonchev–Trinajstić information content (AvgIpc) is 2.64. The first-order valence-corrected chi connectivity index (χ1v) is 7.81. The number of piperidine rings is 1. The number of nitrogens with one attached hydrogen (secondary N) is 1. The summed E-state index contributed by atoms with van der Waals surface area (Å²) in [6.45, 7) is 5.62. The number of aliphatic hydroxyl groups is 1. The van der Waals surface area contributed by atoms with Gasteiger partial charge in [0.25, 0.3) is 5.91 Å². The van der Waals surface area contributed by atoms with Crippen molar-refractivity contribution < 1.29 is 9.90 Å². The second-order valence-corrected chi connectivity index (χ2v) is 6.84. The number of likely N-dealkylation sites (tertiary alicyclic amines) is 1. The molecule has 1 fully saturated rings. The third-order valence-electron chi connectivity index (χ3n) is 4.28. The number of fused-ring (bicyclic) bond motifs is 1. The summed E-state index contributed by atoms with van der Waals surface area (Å²) in [5.41, 5.74) is 0.860. The number of amides is 1. The van der Waals surface area contributed by atoms with E-state index in [1.807, 2.05) is 24.0 Å². The SMILES string of the molecule is Cc1cc(Br)c2c(c1)[C@](O)(N1CCC[C@H](C)C1)C(=O)N2. The van der Waals surface area contributed by atoms with Crippen LogP contribution in [0.2, 0.25) is 0 Å². The van der Waals surface area contributed by atoms with Crippen molar-refractivity contribution in [2.24, 2.45) is 5.92 Å². The summed E-state index contributed by atoms with van der Waals surface area (Å²) in [7, 11) is 0. The summed E-state index contributed by atoms with van der Waals surface area (Å²) in [6, 6.07) is 3.85. The number of carbonyl (C=O) groups is 1. The molecule has 108 valence electrons. The molecule has 0 aliphatic carbocycles. The Balaban J connectivity index is 2.08. The molecule has 4 nitrogen and oxygen atoms in total. The van der Waals surface area contributed by atoms with Crippen LogP contribution < -0.4 is 5.32 Å². The Morgan fingerprint density at radius 2 is 2.25 bits per heavy atom. The molecule has 2 aliphatic rings. The molecule has 5 heteroatoms. The highest BCUT2D eigenvalue weighted by molar-refractivity contribution is 9.10. The van der Waals surface area contributed by atoms with Gasteiger partial charge in [0.15, 0.2) is 0 Å². The lowest BCUT2D eigenvalue weighted by atomic mass is 9.94. The summed E-state index contributed by atoms with van der Waals surface area (Å²) < 4.78 is 0.821. The first kappa shape index (κ1) is 14.0. The maximum Gasteiger partial charge on any atom is 0.277 e. The van der Waals surface area contributed by atoms with Crippen LogP contribution in [0.1, 0.15) is 30.9 Å². The predicted molar refractivity (Wildman–Crippen MR) is 81.4 cm³/mol. The average molecular weight is 339 g/mol. The van der Waals surface area contributed by atoms with E-state index in [1.165, 1.54) is 0 Å². The Morgan fingerprint density at radius 1 is 1.50 bits per heavy atom. The van der Waals surface area contributed by atoms with E-state index < -0.39 is 5.72 Å². The number of halogens is 1. The number of hydrogen-bond acceptors (Lipinski definition) is 3. The van der Waals surface area contributed by atoms with Crippen molar-refractivity contribution in [2.45, 2.75) is 32.4 Å². The van der Waals surface area contributed by atoms with Gasteiger partial charge in [-0.05, 0) is 59.3 Å². The minimum absolute atomic E-state index is 0.340. The Morgan fingerprint density at radius 3 is 2.95 bits per heavy atom. The highest BCUT2D eigenvalue weighted by atomic mass is 79.9. The van der Waals surface area contributed by atoms with Crippen molar-refractivity contribution in [3.63, 3.8) is 0 Å². The van der Waals surface area contributed by atoms with Crippen LogP contribution in [0.15, 0.2) is 16.6 Å². The van der Waals surface area contributed by atoms with Crippen molar-refractivity contribution in [1.29, 1.82) is 0 Å². The van der Waals surface area contributed by atoms with E-state index in [0.29, 0.717) is 17.2 Å². The molecule has 2 aliphatic heterocycles. The molecule has 2 N–H and O–H groups in total. The van der Waals surface area contributed by atoms with E-state index in [1.54, 1.807) is 0 Å². The topological polar surface area (TPSA) is 52.6 Å². The van der Waals surface area contributed by atoms with Crippen LogP contribution in [0.5, 0.6) is 0 Å². The van der Waals surface area contributed by atoms with Crippen LogP contribution in [0.25, 0.3) is 0 Å². The minimum Gasteiger partial charge on any atom is -0.364 e. The Bertz CT molecular complexity index is 575. The van der Waals surface area contributed by atoms with Gasteiger partial charge in [-0.15, -0.1) is 0 Å². The lowest BCUT2D eigenvalue weighted by molar-refractivity contribution is -0.163. The van der Waals surface area contributed by atoms with Gasteiger partial charge in [-0.2, -0.15) is 0 Å². The standard InChI is InChI=1S/C15H19BrN2O2/c1-9-4-3-5-18(8-9)15(20)11-6-10(2)7-12(16)13(11)17-14(15)19/h6-7,9,20H,3-5,8H2,1-2H3,(H,17,19)/t9-,15+/m0/s1. The lowest BCUT2D eigenvalue weighted by Gasteiger charge is -2.40. The molecule has 2 atom stereocenters. The predicted octanol–water partition coefficient (Wildman–Crippen LogP) is 2.59. The fourth-order valence-electron chi connectivity index (χ4n) is 3.26. The fourth-order valence-corrected chi connectivity index (χ4v) is 3.94. The molecule has 1 saturated heterocycles. The Labute approximate surface area is 127 Å². The van der Waals surface area contributed by atoms with E-state index in [9.17, 15) is 9.90 Å². The van der Waals surface area contributed by atoms with E-state index >= 15 is 0 Å². The zero-order valence-corrected chi connectivity index (χ0v) is 13.3. The summed E-state index contributed by atoms with van der Waals surface area (Å²) in [5.74, 6) is 0.158. The molecule has 1 aromatic rings. The molecule has 0 radical (unpaired) electrons. The summed E-state index contributed by atoms with van der Waals surface area (Å²) >= 11 is 3.47. The quantitative estimate of drug-likeness (QED) is 0.827. The van der Waals surface area contributed by atoms with E-state index in [4.69, 9.17) is 0 Å². The van der Waals surface area contributed by atoms with Crippen molar-refractivity contribution in [3.05, 3.63) is 27.7 Å². The maximum absolute atomic E-state index is 12.4. The molecular formula is C15H19BrN2O2. The molecule has 1 aromatic carbocycles. The molecule has 0 aromatic heterocycles. The van der Waals surface area contributed by atoms with Gasteiger partial charge in [0.2, 0.25) is 5.72 Å². The molecule has 0 spiro atoms. The zero-order valence-electron chi connectivity index (χ0n) is 11.7. The minimum atomic E-state index is -1.53. The van der Waals surface area contributed by atoms with Crippen LogP contribution in [-0.4, -0.2) is 29.0 Å². The molecule has 0 bridgehead atoms. The van der Waals surface area contributed by atoms with Gasteiger partial charge in [-0.3, -0.25) is 9.69 Å². The second kappa shape index (κ2) is 4.83. The summed E-state index contributed by atoms with van der Waals surface area (Å²) in [4.78, 5) is 14.3. The first-order valence-electron chi connectivity index (χ1n) is 7.02. The van der Waals surface area contributed by atoms with Crippen molar-refractivity contribution in [2.75, 3.05) is 18.4 Å². The van der Waals surface area contributed by atoms with Gasteiger partial charge in [0, 0.05) is 23.1 Å². The van der Waals surface area contributed by atoms with Gasteiger partial charge in [0.1, 0.15) is 0 Å². The largest absolute Gasteiger partial charge is 0.364 e. The highest BCUT2D eigenvalue weighted by Gasteiger charge is 2.51. The van der Waals surface area contributed by atoms with Crippen LogP contribution in [0.4, 0.5) is 5.69 Å². The third-order valence-corrected chi connectivity index (χ3v) is 4.91. The van der Waals surface area contributed by atoms with Gasteiger partial charge in [-0.1, -0.05) is 6.92 Å². The maximum atomic E-state index is 12.4. The van der Waals surface area contributed by atoms with Crippen molar-refractivity contribution in [3.8, 4) is 0 Å². The summed E-state index contributed by atoms with van der Waals surface area (Å²) in [5, 5.41) is 13.9. The third kappa shape index (κ3) is 2.00. The first-order chi connectivity index (χ1) is 9.42. The number of hydrogen-bond donors (Lipinski definition) is 2. The number of aryl methyl sites for hydroxylation is 1. The Kier molecular flexibility index (Phi) is 3.39. The van der Waals surface area contributed by atoms with Crippen molar-refractivity contribution in [1.82, 2.24) is 4.90 Å². The number of benzene rings is 1. The lowest BCUT2D eigenvalue weighted by Crippen LogP contribution is -2.54. The van der Waals surface area contributed by atoms with Gasteiger partial charge in [-0.25, -0.2) is 0 Å². The molecule has 3 rings (SSSR count). The van der Waals surface area contributed by atoms with Gasteiger partial charge < -0.3 is 10.4 Å². The van der Waals surface area contributed by atoms with E-state index in [-0.39, 0.29) is 5.91 Å². The molecule has 20 heavy (non-hydrogen) atoms. The van der Waals surface area contributed by atoms with Gasteiger partial charge in [0.05, 0.1) is 5.69 Å². The molecule has 2 heterocycles. The number of carbonyl (C=O) groups excluding carboxylic acids is 1. The highest BCUT2D eigenvalue weighted by Crippen LogP contribution is 2.44. The molecule has 0 saturated carbocycles. The van der Waals surface area contributed by atoms with E-state index in [0.717, 1.165) is 36.0 Å². The summed E-state index contributed by atoms with van der Waals surface area (Å²) in [6.07, 6.45) is 2.16. The Hall–Kier alpha value is -0.910. The fraction of sp³-hybridized carbons (Fsp3) is 0.533. The van der Waals surface area contributed by atoms with Crippen molar-refractivity contribution >= 4 is 27.5 Å². The normalized spacial score (nSPS) is 30.2. The molecule has 0 unspecified atom stereocenters. The molecule has 1 amide bonds. The van der Waals surface area contributed by atoms with Crippen LogP contribution in [0, 0.1) is 12.8 Å². The number of rotatable bonds is 1. The van der Waals surface area contributed by atoms with Crippen LogP contribution >= 0.6 is 15.9 Å². The van der Waals surface area contributed by atoms with Crippen LogP contribution in [0.3, 0.4) is 0 Å². The zero-order chi connectivity index (χ0) is 14.5. The monoisotopic (exact) mass is 338 g/mol.